The van der Waals surface area contributed by atoms with Crippen LogP contribution in [0.4, 0.5) is 10.5 Å². The fourth-order valence-corrected chi connectivity index (χ4v) is 6.22. The van der Waals surface area contributed by atoms with E-state index >= 15 is 0 Å². The van der Waals surface area contributed by atoms with E-state index in [4.69, 9.17) is 4.74 Å². The van der Waals surface area contributed by atoms with E-state index in [-0.39, 0.29) is 5.91 Å². The maximum absolute atomic E-state index is 13.8. The summed E-state index contributed by atoms with van der Waals surface area (Å²) in [5, 5.41) is 3.00. The van der Waals surface area contributed by atoms with Gasteiger partial charge in [-0.25, -0.2) is 4.79 Å². The first-order chi connectivity index (χ1) is 18.5. The molecule has 204 valence electrons. The molecule has 2 heterocycles. The molecule has 2 aromatic rings. The van der Waals surface area contributed by atoms with Crippen LogP contribution in [-0.2, 0) is 11.3 Å². The van der Waals surface area contributed by atoms with E-state index in [1.165, 1.54) is 24.1 Å². The third kappa shape index (κ3) is 6.32. The Labute approximate surface area is 227 Å². The number of benzene rings is 2. The number of hydrogen-bond donors (Lipinski definition) is 1. The molecular formula is C31H42N4O3. The summed E-state index contributed by atoms with van der Waals surface area (Å²) >= 11 is 0. The van der Waals surface area contributed by atoms with Gasteiger partial charge in [0.15, 0.2) is 0 Å². The molecule has 0 bridgehead atoms. The van der Waals surface area contributed by atoms with Crippen molar-refractivity contribution in [3.63, 3.8) is 0 Å². The van der Waals surface area contributed by atoms with E-state index in [0.717, 1.165) is 57.9 Å². The number of piperazine rings is 1. The van der Waals surface area contributed by atoms with Crippen molar-refractivity contribution in [1.29, 1.82) is 0 Å². The average molecular weight is 519 g/mol. The number of rotatable bonds is 6. The molecule has 7 nitrogen and oxygen atoms in total. The third-order valence-corrected chi connectivity index (χ3v) is 8.58. The number of anilines is 1. The zero-order chi connectivity index (χ0) is 26.4. The molecule has 0 spiro atoms. The molecule has 2 aromatic carbocycles. The monoisotopic (exact) mass is 518 g/mol. The molecule has 0 unspecified atom stereocenters. The normalized spacial score (nSPS) is 20.7. The van der Waals surface area contributed by atoms with Gasteiger partial charge in [-0.15, -0.1) is 0 Å². The second kappa shape index (κ2) is 12.2. The Morgan fingerprint density at radius 3 is 2.24 bits per heavy atom. The number of nitrogens with one attached hydrogen (secondary N) is 1. The number of nitrogens with zero attached hydrogens (tertiary/aromatic N) is 3. The first-order valence-corrected chi connectivity index (χ1v) is 14.4. The van der Waals surface area contributed by atoms with Gasteiger partial charge in [-0.3, -0.25) is 9.69 Å². The highest BCUT2D eigenvalue weighted by Gasteiger charge is 2.44. The maximum atomic E-state index is 13.8. The molecule has 5 rings (SSSR count). The lowest BCUT2D eigenvalue weighted by Gasteiger charge is -2.43. The molecule has 2 amide bonds. The molecule has 1 N–H and O–H groups in total. The van der Waals surface area contributed by atoms with Crippen LogP contribution in [0.5, 0.6) is 5.75 Å². The summed E-state index contributed by atoms with van der Waals surface area (Å²) in [6, 6.07) is 17.8. The van der Waals surface area contributed by atoms with Crippen molar-refractivity contribution in [2.45, 2.75) is 64.0 Å². The Kier molecular flexibility index (Phi) is 8.52. The molecular weight excluding hydrogens is 476 g/mol. The van der Waals surface area contributed by atoms with Crippen LogP contribution in [0.1, 0.15) is 57.4 Å². The van der Waals surface area contributed by atoms with Crippen LogP contribution in [-0.4, -0.2) is 66.6 Å². The smallest absolute Gasteiger partial charge is 0.410 e. The molecule has 7 heteroatoms. The molecule has 3 aliphatic rings. The summed E-state index contributed by atoms with van der Waals surface area (Å²) in [7, 11) is 0. The van der Waals surface area contributed by atoms with Gasteiger partial charge in [0.1, 0.15) is 11.3 Å². The van der Waals surface area contributed by atoms with Crippen molar-refractivity contribution in [2.75, 3.05) is 44.2 Å². The van der Waals surface area contributed by atoms with E-state index in [1.54, 1.807) is 12.1 Å². The minimum absolute atomic E-state index is 0.0460. The van der Waals surface area contributed by atoms with Crippen LogP contribution in [0.3, 0.4) is 0 Å². The first-order valence-electron chi connectivity index (χ1n) is 14.4. The Morgan fingerprint density at radius 2 is 1.53 bits per heavy atom. The minimum atomic E-state index is -0.871. The largest absolute Gasteiger partial charge is 0.413 e. The Morgan fingerprint density at radius 1 is 0.868 bits per heavy atom. The fourth-order valence-electron chi connectivity index (χ4n) is 6.22. The SMILES string of the molecule is CC1CCN(c2ccccc2CN2CCN(C(=O)C3(NC(=O)Oc4ccccc4)CCCCC3)CC2)CC1. The molecule has 3 fully saturated rings. The van der Waals surface area contributed by atoms with Crippen molar-refractivity contribution in [3.8, 4) is 5.75 Å². The third-order valence-electron chi connectivity index (χ3n) is 8.58. The van der Waals surface area contributed by atoms with Crippen LogP contribution in [0.2, 0.25) is 0 Å². The lowest BCUT2D eigenvalue weighted by atomic mass is 9.80. The summed E-state index contributed by atoms with van der Waals surface area (Å²) in [6.45, 7) is 8.53. The van der Waals surface area contributed by atoms with Gasteiger partial charge in [0.25, 0.3) is 0 Å². The number of carbonyl (C=O) groups is 2. The summed E-state index contributed by atoms with van der Waals surface area (Å²) in [5.74, 6) is 1.34. The standard InChI is InChI=1S/C31H42N4O3/c1-25-14-18-34(19-15-25)28-13-7-6-10-26(28)24-33-20-22-35(23-21-33)29(36)31(16-8-3-9-17-31)32-30(37)38-27-11-4-2-5-12-27/h2,4-7,10-13,25H,3,8-9,14-24H2,1H3,(H,32,37). The highest BCUT2D eigenvalue weighted by Crippen LogP contribution is 2.32. The van der Waals surface area contributed by atoms with Crippen LogP contribution in [0.15, 0.2) is 54.6 Å². The van der Waals surface area contributed by atoms with Gasteiger partial charge >= 0.3 is 6.09 Å². The lowest BCUT2D eigenvalue weighted by molar-refractivity contribution is -0.141. The summed E-state index contributed by atoms with van der Waals surface area (Å²) in [5.41, 5.74) is 1.86. The van der Waals surface area contributed by atoms with Crippen LogP contribution >= 0.6 is 0 Å². The van der Waals surface area contributed by atoms with Gasteiger partial charge in [-0.1, -0.05) is 62.6 Å². The first kappa shape index (κ1) is 26.5. The van der Waals surface area contributed by atoms with Crippen LogP contribution < -0.4 is 15.0 Å². The van der Waals surface area contributed by atoms with Crippen molar-refractivity contribution in [2.24, 2.45) is 5.92 Å². The van der Waals surface area contributed by atoms with E-state index in [2.05, 4.69) is 46.3 Å². The number of hydrogen-bond acceptors (Lipinski definition) is 5. The highest BCUT2D eigenvalue weighted by molar-refractivity contribution is 5.90. The highest BCUT2D eigenvalue weighted by atomic mass is 16.6. The van der Waals surface area contributed by atoms with Gasteiger partial charge in [-0.2, -0.15) is 0 Å². The molecule has 1 aliphatic carbocycles. The molecule has 0 atom stereocenters. The van der Waals surface area contributed by atoms with Crippen LogP contribution in [0.25, 0.3) is 0 Å². The maximum Gasteiger partial charge on any atom is 0.413 e. The van der Waals surface area contributed by atoms with Gasteiger partial charge < -0.3 is 19.9 Å². The minimum Gasteiger partial charge on any atom is -0.410 e. The number of para-hydroxylation sites is 2. The number of carbonyl (C=O) groups excluding carboxylic acids is 2. The van der Waals surface area contributed by atoms with Crippen LogP contribution in [0, 0.1) is 5.92 Å². The Balaban J connectivity index is 1.19. The van der Waals surface area contributed by atoms with Crippen molar-refractivity contribution in [1.82, 2.24) is 15.1 Å². The molecule has 38 heavy (non-hydrogen) atoms. The molecule has 0 aromatic heterocycles. The van der Waals surface area contributed by atoms with Gasteiger partial charge in [0.2, 0.25) is 5.91 Å². The predicted octanol–water partition coefficient (Wildman–Crippen LogP) is 5.06. The number of ether oxygens (including phenoxy) is 1. The predicted molar refractivity (Wildman–Crippen MR) is 150 cm³/mol. The zero-order valence-corrected chi connectivity index (χ0v) is 22.7. The Bertz CT molecular complexity index is 1070. The number of amides is 2. The topological polar surface area (TPSA) is 65.1 Å². The summed E-state index contributed by atoms with van der Waals surface area (Å²) in [4.78, 5) is 33.6. The van der Waals surface area contributed by atoms with Crippen molar-refractivity contribution >= 4 is 17.7 Å². The summed E-state index contributed by atoms with van der Waals surface area (Å²) < 4.78 is 5.50. The molecule has 1 saturated carbocycles. The van der Waals surface area contributed by atoms with Crippen molar-refractivity contribution < 1.29 is 14.3 Å². The van der Waals surface area contributed by atoms with E-state index in [0.29, 0.717) is 31.7 Å². The summed E-state index contributed by atoms with van der Waals surface area (Å²) in [6.07, 6.45) is 6.25. The Hall–Kier alpha value is -3.06. The van der Waals surface area contributed by atoms with Gasteiger partial charge in [0, 0.05) is 51.5 Å². The van der Waals surface area contributed by atoms with E-state index in [9.17, 15) is 9.59 Å². The molecule has 2 saturated heterocycles. The second-order valence-electron chi connectivity index (χ2n) is 11.3. The second-order valence-corrected chi connectivity index (χ2v) is 11.3. The molecule has 2 aliphatic heterocycles. The zero-order valence-electron chi connectivity index (χ0n) is 22.7. The van der Waals surface area contributed by atoms with E-state index < -0.39 is 11.6 Å². The van der Waals surface area contributed by atoms with Crippen molar-refractivity contribution in [3.05, 3.63) is 60.2 Å². The van der Waals surface area contributed by atoms with Gasteiger partial charge in [-0.05, 0) is 55.4 Å². The van der Waals surface area contributed by atoms with E-state index in [1.807, 2.05) is 23.1 Å². The quantitative estimate of drug-likeness (QED) is 0.579. The fraction of sp³-hybridized carbons (Fsp3) is 0.548. The average Bonchev–Trinajstić information content (AvgIpc) is 2.95. The number of piperidine rings is 1. The molecule has 0 radical (unpaired) electrons. The van der Waals surface area contributed by atoms with Gasteiger partial charge in [0.05, 0.1) is 0 Å². The lowest BCUT2D eigenvalue weighted by Crippen LogP contribution is -2.63.